The van der Waals surface area contributed by atoms with Crippen molar-refractivity contribution in [2.75, 3.05) is 26.2 Å². The SMILES string of the molecule is OC[C@H]1CC[C@@H](CN2CCC(=C3c4ccccc4Sc4ccc(Cl)cc43)CC2)CC1. The van der Waals surface area contributed by atoms with Gasteiger partial charge in [0, 0.05) is 41.1 Å². The highest BCUT2D eigenvalue weighted by Crippen LogP contribution is 2.48. The molecule has 0 bridgehead atoms. The Kier molecular flexibility index (Phi) is 6.24. The number of benzene rings is 2. The van der Waals surface area contributed by atoms with Crippen LogP contribution in [-0.4, -0.2) is 36.2 Å². The monoisotopic (exact) mass is 439 g/mol. The van der Waals surface area contributed by atoms with Crippen molar-refractivity contribution in [2.45, 2.75) is 48.3 Å². The summed E-state index contributed by atoms with van der Waals surface area (Å²) in [6.45, 7) is 3.92. The predicted octanol–water partition coefficient (Wildman–Crippen LogP) is 6.50. The lowest BCUT2D eigenvalue weighted by molar-refractivity contribution is 0.137. The van der Waals surface area contributed by atoms with Gasteiger partial charge in [-0.2, -0.15) is 0 Å². The molecule has 0 unspecified atom stereocenters. The van der Waals surface area contributed by atoms with E-state index in [4.69, 9.17) is 11.6 Å². The topological polar surface area (TPSA) is 23.5 Å². The lowest BCUT2D eigenvalue weighted by Gasteiger charge is -2.36. The molecule has 2 aliphatic heterocycles. The molecule has 2 heterocycles. The van der Waals surface area contributed by atoms with Gasteiger partial charge in [-0.25, -0.2) is 0 Å². The first-order valence-electron chi connectivity index (χ1n) is 11.3. The second-order valence-electron chi connectivity index (χ2n) is 9.09. The van der Waals surface area contributed by atoms with Gasteiger partial charge in [-0.3, -0.25) is 0 Å². The van der Waals surface area contributed by atoms with Crippen molar-refractivity contribution >= 4 is 28.9 Å². The zero-order chi connectivity index (χ0) is 20.5. The van der Waals surface area contributed by atoms with E-state index in [-0.39, 0.29) is 0 Å². The molecule has 158 valence electrons. The van der Waals surface area contributed by atoms with E-state index >= 15 is 0 Å². The van der Waals surface area contributed by atoms with Crippen LogP contribution in [-0.2, 0) is 0 Å². The molecule has 2 aromatic rings. The maximum atomic E-state index is 9.38. The molecule has 2 nitrogen and oxygen atoms in total. The standard InChI is InChI=1S/C26H30ClNOS/c27-21-9-10-25-23(15-21)26(22-3-1-2-4-24(22)30-25)20-11-13-28(14-12-20)16-18-5-7-19(17-29)8-6-18/h1-4,9-10,15,18-19,29H,5-8,11-14,16-17H2/t18-,19+. The molecule has 0 spiro atoms. The van der Waals surface area contributed by atoms with Crippen molar-refractivity contribution in [3.05, 3.63) is 64.2 Å². The van der Waals surface area contributed by atoms with E-state index in [9.17, 15) is 5.11 Å². The van der Waals surface area contributed by atoms with E-state index in [2.05, 4.69) is 41.3 Å². The van der Waals surface area contributed by atoms with Crippen molar-refractivity contribution < 1.29 is 5.11 Å². The Hall–Kier alpha value is -1.26. The minimum atomic E-state index is 0.374. The Morgan fingerprint density at radius 1 is 0.900 bits per heavy atom. The number of rotatable bonds is 3. The molecule has 3 aliphatic rings. The number of hydrogen-bond acceptors (Lipinski definition) is 3. The smallest absolute Gasteiger partial charge is 0.0459 e. The molecule has 1 N–H and O–H groups in total. The fourth-order valence-electron chi connectivity index (χ4n) is 5.41. The van der Waals surface area contributed by atoms with Crippen LogP contribution in [0, 0.1) is 11.8 Å². The molecule has 2 aromatic carbocycles. The van der Waals surface area contributed by atoms with E-state index in [1.54, 1.807) is 5.57 Å². The normalized spacial score (nSPS) is 24.5. The fraction of sp³-hybridized carbons (Fsp3) is 0.462. The van der Waals surface area contributed by atoms with E-state index in [0.717, 1.165) is 36.9 Å². The first-order valence-corrected chi connectivity index (χ1v) is 12.5. The average molecular weight is 440 g/mol. The molecule has 1 saturated heterocycles. The Balaban J connectivity index is 1.35. The summed E-state index contributed by atoms with van der Waals surface area (Å²) in [7, 11) is 0. The molecular weight excluding hydrogens is 410 g/mol. The maximum Gasteiger partial charge on any atom is 0.0459 e. The van der Waals surface area contributed by atoms with Gasteiger partial charge in [0.15, 0.2) is 0 Å². The van der Waals surface area contributed by atoms with Crippen molar-refractivity contribution in [3.63, 3.8) is 0 Å². The molecule has 1 aliphatic carbocycles. The molecule has 0 radical (unpaired) electrons. The summed E-state index contributed by atoms with van der Waals surface area (Å²) in [6.07, 6.45) is 7.27. The van der Waals surface area contributed by atoms with Crippen LogP contribution in [0.5, 0.6) is 0 Å². The minimum absolute atomic E-state index is 0.374. The molecule has 0 atom stereocenters. The number of aliphatic hydroxyl groups excluding tert-OH is 1. The van der Waals surface area contributed by atoms with Gasteiger partial charge in [0.25, 0.3) is 0 Å². The van der Waals surface area contributed by atoms with Crippen LogP contribution < -0.4 is 0 Å². The van der Waals surface area contributed by atoms with Crippen LogP contribution in [0.4, 0.5) is 0 Å². The molecule has 1 saturated carbocycles. The summed E-state index contributed by atoms with van der Waals surface area (Å²) in [5.74, 6) is 1.36. The van der Waals surface area contributed by atoms with E-state index in [0.29, 0.717) is 12.5 Å². The molecular formula is C26H30ClNOS. The van der Waals surface area contributed by atoms with Crippen LogP contribution >= 0.6 is 23.4 Å². The molecule has 4 heteroatoms. The zero-order valence-corrected chi connectivity index (χ0v) is 19.0. The number of aliphatic hydroxyl groups is 1. The molecule has 30 heavy (non-hydrogen) atoms. The molecule has 0 aromatic heterocycles. The third kappa shape index (κ3) is 4.23. The predicted molar refractivity (Wildman–Crippen MR) is 126 cm³/mol. The van der Waals surface area contributed by atoms with Gasteiger partial charge in [-0.05, 0) is 91.3 Å². The Morgan fingerprint density at radius 2 is 1.60 bits per heavy atom. The highest BCUT2D eigenvalue weighted by molar-refractivity contribution is 7.99. The lowest BCUT2D eigenvalue weighted by Crippen LogP contribution is -2.36. The Labute approximate surface area is 189 Å². The van der Waals surface area contributed by atoms with Crippen LogP contribution in [0.3, 0.4) is 0 Å². The summed E-state index contributed by atoms with van der Waals surface area (Å²) in [5.41, 5.74) is 5.72. The largest absolute Gasteiger partial charge is 0.396 e. The van der Waals surface area contributed by atoms with Crippen LogP contribution in [0.15, 0.2) is 57.8 Å². The number of hydrogen-bond donors (Lipinski definition) is 1. The number of halogens is 1. The zero-order valence-electron chi connectivity index (χ0n) is 17.4. The van der Waals surface area contributed by atoms with E-state index in [1.807, 2.05) is 17.8 Å². The summed E-state index contributed by atoms with van der Waals surface area (Å²) < 4.78 is 0. The van der Waals surface area contributed by atoms with Gasteiger partial charge in [-0.15, -0.1) is 0 Å². The van der Waals surface area contributed by atoms with Crippen molar-refractivity contribution in [1.82, 2.24) is 4.90 Å². The van der Waals surface area contributed by atoms with Gasteiger partial charge < -0.3 is 10.0 Å². The third-order valence-corrected chi connectivity index (χ3v) is 8.53. The van der Waals surface area contributed by atoms with Crippen LogP contribution in [0.25, 0.3) is 5.57 Å². The number of nitrogens with zero attached hydrogens (tertiary/aromatic N) is 1. The first kappa shape index (κ1) is 20.6. The minimum Gasteiger partial charge on any atom is -0.396 e. The summed E-state index contributed by atoms with van der Waals surface area (Å²) in [4.78, 5) is 5.36. The third-order valence-electron chi connectivity index (χ3n) is 7.14. The summed E-state index contributed by atoms with van der Waals surface area (Å²) in [6, 6.07) is 15.2. The number of fused-ring (bicyclic) bond motifs is 2. The quantitative estimate of drug-likeness (QED) is 0.503. The summed E-state index contributed by atoms with van der Waals surface area (Å²) >= 11 is 8.27. The second kappa shape index (κ2) is 9.08. The highest BCUT2D eigenvalue weighted by Gasteiger charge is 2.28. The molecule has 0 amide bonds. The molecule has 5 rings (SSSR count). The van der Waals surface area contributed by atoms with E-state index < -0.39 is 0 Å². The summed E-state index contributed by atoms with van der Waals surface area (Å²) in [5, 5.41) is 10.2. The van der Waals surface area contributed by atoms with Crippen molar-refractivity contribution in [1.29, 1.82) is 0 Å². The van der Waals surface area contributed by atoms with Crippen molar-refractivity contribution in [2.24, 2.45) is 11.8 Å². The van der Waals surface area contributed by atoms with Crippen LogP contribution in [0.2, 0.25) is 5.02 Å². The van der Waals surface area contributed by atoms with Gasteiger partial charge >= 0.3 is 0 Å². The average Bonchev–Trinajstić information content (AvgIpc) is 2.79. The number of piperidine rings is 1. The first-order chi connectivity index (χ1) is 14.7. The molecule has 2 fully saturated rings. The van der Waals surface area contributed by atoms with Gasteiger partial charge in [0.2, 0.25) is 0 Å². The van der Waals surface area contributed by atoms with E-state index in [1.165, 1.54) is 58.7 Å². The fourth-order valence-corrected chi connectivity index (χ4v) is 6.65. The van der Waals surface area contributed by atoms with Gasteiger partial charge in [0.1, 0.15) is 0 Å². The second-order valence-corrected chi connectivity index (χ2v) is 10.6. The van der Waals surface area contributed by atoms with Crippen molar-refractivity contribution in [3.8, 4) is 0 Å². The van der Waals surface area contributed by atoms with Crippen LogP contribution in [0.1, 0.15) is 49.7 Å². The van der Waals surface area contributed by atoms with Gasteiger partial charge in [0.05, 0.1) is 0 Å². The highest BCUT2D eigenvalue weighted by atomic mass is 35.5. The maximum absolute atomic E-state index is 9.38. The lowest BCUT2D eigenvalue weighted by atomic mass is 9.81. The Bertz CT molecular complexity index is 938. The number of likely N-dealkylation sites (tertiary alicyclic amines) is 1. The Morgan fingerprint density at radius 3 is 2.37 bits per heavy atom. The van der Waals surface area contributed by atoms with Gasteiger partial charge in [-0.1, -0.05) is 47.1 Å².